The number of hydrogen-bond acceptors (Lipinski definition) is 3. The SMILES string of the molecule is O=C(NCNC(=O)c1ccc(CCl)cc1)OCc1ccccc1. The Hall–Kier alpha value is -2.53. The first-order chi connectivity index (χ1) is 11.2. The van der Waals surface area contributed by atoms with E-state index in [1.165, 1.54) is 0 Å². The van der Waals surface area contributed by atoms with Gasteiger partial charge in [-0.25, -0.2) is 4.79 Å². The van der Waals surface area contributed by atoms with Gasteiger partial charge in [-0.05, 0) is 23.3 Å². The Morgan fingerprint density at radius 2 is 1.61 bits per heavy atom. The van der Waals surface area contributed by atoms with E-state index in [9.17, 15) is 9.59 Å². The summed E-state index contributed by atoms with van der Waals surface area (Å²) < 4.78 is 5.03. The molecule has 5 nitrogen and oxygen atoms in total. The quantitative estimate of drug-likeness (QED) is 0.631. The predicted octanol–water partition coefficient (Wildman–Crippen LogP) is 3.04. The highest BCUT2D eigenvalue weighted by Crippen LogP contribution is 2.06. The van der Waals surface area contributed by atoms with Crippen molar-refractivity contribution >= 4 is 23.6 Å². The molecule has 0 bridgehead atoms. The number of nitrogens with one attached hydrogen (secondary N) is 2. The highest BCUT2D eigenvalue weighted by atomic mass is 35.5. The maximum absolute atomic E-state index is 11.9. The number of amides is 2. The van der Waals surface area contributed by atoms with Crippen LogP contribution < -0.4 is 10.6 Å². The van der Waals surface area contributed by atoms with E-state index in [0.29, 0.717) is 11.4 Å². The lowest BCUT2D eigenvalue weighted by molar-refractivity contribution is 0.0947. The number of ether oxygens (including phenoxy) is 1. The van der Waals surface area contributed by atoms with Crippen LogP contribution in [0.15, 0.2) is 54.6 Å². The molecule has 120 valence electrons. The van der Waals surface area contributed by atoms with Crippen molar-refractivity contribution in [3.05, 3.63) is 71.3 Å². The van der Waals surface area contributed by atoms with Gasteiger partial charge in [-0.1, -0.05) is 42.5 Å². The molecule has 2 N–H and O–H groups in total. The van der Waals surface area contributed by atoms with Crippen molar-refractivity contribution in [2.45, 2.75) is 12.5 Å². The molecule has 2 rings (SSSR count). The molecule has 0 unspecified atom stereocenters. The third-order valence-corrected chi connectivity index (χ3v) is 3.37. The number of carbonyl (C=O) groups is 2. The monoisotopic (exact) mass is 332 g/mol. The number of alkyl halides is 1. The van der Waals surface area contributed by atoms with Crippen molar-refractivity contribution in [3.63, 3.8) is 0 Å². The first-order valence-corrected chi connectivity index (χ1v) is 7.60. The number of alkyl carbamates (subject to hydrolysis) is 1. The van der Waals surface area contributed by atoms with Crippen molar-refractivity contribution < 1.29 is 14.3 Å². The lowest BCUT2D eigenvalue weighted by Crippen LogP contribution is -2.37. The summed E-state index contributed by atoms with van der Waals surface area (Å²) in [7, 11) is 0. The normalized spacial score (nSPS) is 9.96. The maximum atomic E-state index is 11.9. The minimum absolute atomic E-state index is 0.0102. The number of halogens is 1. The van der Waals surface area contributed by atoms with Gasteiger partial charge in [0, 0.05) is 11.4 Å². The summed E-state index contributed by atoms with van der Waals surface area (Å²) in [5.74, 6) is 0.117. The van der Waals surface area contributed by atoms with Gasteiger partial charge < -0.3 is 15.4 Å². The zero-order chi connectivity index (χ0) is 16.5. The number of hydrogen-bond donors (Lipinski definition) is 2. The van der Waals surface area contributed by atoms with Crippen LogP contribution in [0.5, 0.6) is 0 Å². The molecule has 23 heavy (non-hydrogen) atoms. The fourth-order valence-electron chi connectivity index (χ4n) is 1.82. The first kappa shape index (κ1) is 16.8. The van der Waals surface area contributed by atoms with Crippen molar-refractivity contribution in [2.24, 2.45) is 0 Å². The van der Waals surface area contributed by atoms with Gasteiger partial charge in [0.15, 0.2) is 0 Å². The third kappa shape index (κ3) is 5.64. The Morgan fingerprint density at radius 1 is 0.913 bits per heavy atom. The van der Waals surface area contributed by atoms with E-state index in [0.717, 1.165) is 11.1 Å². The molecule has 0 radical (unpaired) electrons. The highest BCUT2D eigenvalue weighted by molar-refractivity contribution is 6.17. The smallest absolute Gasteiger partial charge is 0.408 e. The van der Waals surface area contributed by atoms with Crippen LogP contribution in [0.4, 0.5) is 4.79 Å². The average Bonchev–Trinajstić information content (AvgIpc) is 2.61. The molecule has 0 aliphatic carbocycles. The molecule has 0 spiro atoms. The minimum atomic E-state index is -0.591. The lowest BCUT2D eigenvalue weighted by atomic mass is 10.1. The molecule has 0 aliphatic rings. The summed E-state index contributed by atoms with van der Waals surface area (Å²) in [6.07, 6.45) is -0.591. The van der Waals surface area contributed by atoms with Crippen LogP contribution in [-0.2, 0) is 17.2 Å². The van der Waals surface area contributed by atoms with Gasteiger partial charge in [0.2, 0.25) is 0 Å². The first-order valence-electron chi connectivity index (χ1n) is 7.06. The molecular weight excluding hydrogens is 316 g/mol. The van der Waals surface area contributed by atoms with Gasteiger partial charge in [0.25, 0.3) is 5.91 Å². The second-order valence-corrected chi connectivity index (χ2v) is 5.02. The Kier molecular flexibility index (Phi) is 6.44. The van der Waals surface area contributed by atoms with Crippen LogP contribution in [-0.4, -0.2) is 18.7 Å². The summed E-state index contributed by atoms with van der Waals surface area (Å²) in [6, 6.07) is 16.3. The van der Waals surface area contributed by atoms with E-state index in [2.05, 4.69) is 10.6 Å². The molecule has 2 aromatic carbocycles. The largest absolute Gasteiger partial charge is 0.445 e. The number of benzene rings is 2. The molecule has 0 aromatic heterocycles. The van der Waals surface area contributed by atoms with Gasteiger partial charge in [0.1, 0.15) is 6.61 Å². The van der Waals surface area contributed by atoms with E-state index >= 15 is 0 Å². The highest BCUT2D eigenvalue weighted by Gasteiger charge is 2.06. The maximum Gasteiger partial charge on any atom is 0.408 e. The molecule has 2 amide bonds. The number of rotatable bonds is 6. The molecular formula is C17H17ClN2O3. The fraction of sp³-hybridized carbons (Fsp3) is 0.176. The van der Waals surface area contributed by atoms with Gasteiger partial charge in [0.05, 0.1) is 6.67 Å². The minimum Gasteiger partial charge on any atom is -0.445 e. The van der Waals surface area contributed by atoms with Crippen molar-refractivity contribution in [3.8, 4) is 0 Å². The molecule has 0 fully saturated rings. The zero-order valence-corrected chi connectivity index (χ0v) is 13.2. The molecule has 2 aromatic rings. The van der Waals surface area contributed by atoms with Gasteiger partial charge >= 0.3 is 6.09 Å². The Labute approximate surface area is 139 Å². The van der Waals surface area contributed by atoms with Crippen LogP contribution in [0.3, 0.4) is 0 Å². The van der Waals surface area contributed by atoms with Crippen molar-refractivity contribution in [1.29, 1.82) is 0 Å². The molecule has 0 heterocycles. The predicted molar refractivity (Wildman–Crippen MR) is 88.1 cm³/mol. The average molecular weight is 333 g/mol. The van der Waals surface area contributed by atoms with E-state index in [1.54, 1.807) is 24.3 Å². The standard InChI is InChI=1S/C17H17ClN2O3/c18-10-13-6-8-15(9-7-13)16(21)19-12-20-17(22)23-11-14-4-2-1-3-5-14/h1-9H,10-12H2,(H,19,21)(H,20,22). The van der Waals surface area contributed by atoms with Crippen molar-refractivity contribution in [2.75, 3.05) is 6.67 Å². The second kappa shape index (κ2) is 8.80. The van der Waals surface area contributed by atoms with Crippen LogP contribution >= 0.6 is 11.6 Å². The second-order valence-electron chi connectivity index (χ2n) is 4.75. The van der Waals surface area contributed by atoms with E-state index in [-0.39, 0.29) is 19.2 Å². The molecule has 0 atom stereocenters. The van der Waals surface area contributed by atoms with Crippen LogP contribution in [0.25, 0.3) is 0 Å². The summed E-state index contributed by atoms with van der Waals surface area (Å²) in [6.45, 7) is 0.171. The fourth-order valence-corrected chi connectivity index (χ4v) is 2.00. The molecule has 0 aliphatic heterocycles. The van der Waals surface area contributed by atoms with E-state index in [4.69, 9.17) is 16.3 Å². The van der Waals surface area contributed by atoms with Crippen molar-refractivity contribution in [1.82, 2.24) is 10.6 Å². The molecule has 0 saturated carbocycles. The van der Waals surface area contributed by atoms with Gasteiger partial charge in [-0.15, -0.1) is 11.6 Å². The van der Waals surface area contributed by atoms with Gasteiger partial charge in [-0.3, -0.25) is 4.79 Å². The van der Waals surface area contributed by atoms with Crippen LogP contribution in [0, 0.1) is 0 Å². The zero-order valence-electron chi connectivity index (χ0n) is 12.4. The third-order valence-electron chi connectivity index (χ3n) is 3.06. The summed E-state index contributed by atoms with van der Waals surface area (Å²) in [5, 5.41) is 5.04. The lowest BCUT2D eigenvalue weighted by Gasteiger charge is -2.08. The van der Waals surface area contributed by atoms with Crippen LogP contribution in [0.1, 0.15) is 21.5 Å². The summed E-state index contributed by atoms with van der Waals surface area (Å²) in [5.41, 5.74) is 2.33. The summed E-state index contributed by atoms with van der Waals surface area (Å²) in [4.78, 5) is 23.4. The molecule has 0 saturated heterocycles. The Balaban J connectivity index is 1.69. The molecule has 6 heteroatoms. The topological polar surface area (TPSA) is 67.4 Å². The number of carbonyl (C=O) groups excluding carboxylic acids is 2. The van der Waals surface area contributed by atoms with E-state index in [1.807, 2.05) is 30.3 Å². The van der Waals surface area contributed by atoms with E-state index < -0.39 is 6.09 Å². The summed E-state index contributed by atoms with van der Waals surface area (Å²) >= 11 is 5.69. The Bertz CT molecular complexity index is 645. The van der Waals surface area contributed by atoms with Gasteiger partial charge in [-0.2, -0.15) is 0 Å². The Morgan fingerprint density at radius 3 is 2.26 bits per heavy atom. The van der Waals surface area contributed by atoms with Crippen LogP contribution in [0.2, 0.25) is 0 Å².